The number of halogens is 3. The smallest absolute Gasteiger partial charge is 0.398 e. The lowest BCUT2D eigenvalue weighted by atomic mass is 10.1. The van der Waals surface area contributed by atoms with Crippen LogP contribution in [-0.2, 0) is 19.1 Å². The minimum Gasteiger partial charge on any atom is -0.398 e. The highest BCUT2D eigenvalue weighted by molar-refractivity contribution is 5.58. The van der Waals surface area contributed by atoms with Crippen molar-refractivity contribution in [3.05, 3.63) is 53.3 Å². The topological polar surface area (TPSA) is 50.9 Å². The highest BCUT2D eigenvalue weighted by Crippen LogP contribution is 2.35. The van der Waals surface area contributed by atoms with Gasteiger partial charge in [0.05, 0.1) is 17.8 Å². The molecule has 2 aromatic rings. The lowest BCUT2D eigenvalue weighted by Crippen LogP contribution is -2.10. The monoisotopic (exact) mass is 295 g/mol. The van der Waals surface area contributed by atoms with Crippen LogP contribution in [0, 0.1) is 0 Å². The van der Waals surface area contributed by atoms with E-state index in [2.05, 4.69) is 10.3 Å². The van der Waals surface area contributed by atoms with Gasteiger partial charge in [0.2, 0.25) is 0 Å². The normalized spacial score (nSPS) is 11.4. The van der Waals surface area contributed by atoms with E-state index in [1.165, 1.54) is 12.1 Å². The minimum absolute atomic E-state index is 0.278. The van der Waals surface area contributed by atoms with Crippen molar-refractivity contribution < 1.29 is 13.2 Å². The van der Waals surface area contributed by atoms with Gasteiger partial charge in [0.1, 0.15) is 0 Å². The predicted molar refractivity (Wildman–Crippen MR) is 76.8 cm³/mol. The zero-order chi connectivity index (χ0) is 15.5. The van der Waals surface area contributed by atoms with Crippen LogP contribution in [0.25, 0.3) is 0 Å². The highest BCUT2D eigenvalue weighted by Gasteiger charge is 2.33. The molecule has 0 atom stereocenters. The van der Waals surface area contributed by atoms with E-state index < -0.39 is 11.7 Å². The summed E-state index contributed by atoms with van der Waals surface area (Å²) in [6, 6.07) is 7.59. The summed E-state index contributed by atoms with van der Waals surface area (Å²) in [6.45, 7) is 2.37. The minimum atomic E-state index is -4.46. The van der Waals surface area contributed by atoms with Crippen LogP contribution in [0.1, 0.15) is 23.7 Å². The summed E-state index contributed by atoms with van der Waals surface area (Å²) in [4.78, 5) is 4.24. The van der Waals surface area contributed by atoms with Crippen LogP contribution in [0.4, 0.5) is 24.5 Å². The van der Waals surface area contributed by atoms with E-state index in [-0.39, 0.29) is 5.69 Å². The molecule has 0 aliphatic heterocycles. The molecular formula is C15H16F3N3. The van der Waals surface area contributed by atoms with Crippen molar-refractivity contribution in [1.29, 1.82) is 0 Å². The van der Waals surface area contributed by atoms with Crippen molar-refractivity contribution >= 4 is 11.4 Å². The summed E-state index contributed by atoms with van der Waals surface area (Å²) in [5, 5.41) is 2.96. The molecule has 1 aromatic heterocycles. The molecule has 0 bridgehead atoms. The SMILES string of the molecule is CCc1cccnc1CNc1ccc(N)c(C(F)(F)F)c1. The lowest BCUT2D eigenvalue weighted by molar-refractivity contribution is -0.136. The Hall–Kier alpha value is -2.24. The van der Waals surface area contributed by atoms with Gasteiger partial charge in [0.15, 0.2) is 0 Å². The Morgan fingerprint density at radius 1 is 1.24 bits per heavy atom. The zero-order valence-corrected chi connectivity index (χ0v) is 11.5. The molecule has 0 unspecified atom stereocenters. The average Bonchev–Trinajstić information content (AvgIpc) is 2.45. The second-order valence-corrected chi connectivity index (χ2v) is 4.62. The van der Waals surface area contributed by atoms with Gasteiger partial charge in [-0.25, -0.2) is 0 Å². The molecule has 3 nitrogen and oxygen atoms in total. The van der Waals surface area contributed by atoms with Gasteiger partial charge in [0.25, 0.3) is 0 Å². The molecule has 0 saturated carbocycles. The first kappa shape index (κ1) is 15.2. The number of alkyl halides is 3. The molecule has 0 aliphatic carbocycles. The van der Waals surface area contributed by atoms with E-state index in [1.807, 2.05) is 19.1 Å². The molecule has 6 heteroatoms. The predicted octanol–water partition coefficient (Wildman–Crippen LogP) is 3.86. The van der Waals surface area contributed by atoms with Crippen molar-refractivity contribution in [3.8, 4) is 0 Å². The quantitative estimate of drug-likeness (QED) is 0.842. The van der Waals surface area contributed by atoms with Crippen LogP contribution >= 0.6 is 0 Å². The molecule has 0 aliphatic rings. The second-order valence-electron chi connectivity index (χ2n) is 4.62. The lowest BCUT2D eigenvalue weighted by Gasteiger charge is -2.13. The van der Waals surface area contributed by atoms with Crippen LogP contribution in [0.3, 0.4) is 0 Å². The molecule has 0 amide bonds. The maximum absolute atomic E-state index is 12.8. The number of nitrogens with zero attached hydrogens (tertiary/aromatic N) is 1. The maximum atomic E-state index is 12.8. The first-order valence-electron chi connectivity index (χ1n) is 6.55. The molecule has 0 spiro atoms. The van der Waals surface area contributed by atoms with Crippen LogP contribution in [0.2, 0.25) is 0 Å². The number of nitrogens with two attached hydrogens (primary N) is 1. The third kappa shape index (κ3) is 3.65. The fourth-order valence-electron chi connectivity index (χ4n) is 2.05. The van der Waals surface area contributed by atoms with Gasteiger partial charge >= 0.3 is 6.18 Å². The zero-order valence-electron chi connectivity index (χ0n) is 11.5. The number of rotatable bonds is 4. The Bertz CT molecular complexity index is 624. The number of benzene rings is 1. The average molecular weight is 295 g/mol. The summed E-state index contributed by atoms with van der Waals surface area (Å²) < 4.78 is 38.4. The number of nitrogens with one attached hydrogen (secondary N) is 1. The first-order valence-corrected chi connectivity index (χ1v) is 6.55. The first-order chi connectivity index (χ1) is 9.91. The Kier molecular flexibility index (Phi) is 4.35. The van der Waals surface area contributed by atoms with Crippen molar-refractivity contribution in [2.45, 2.75) is 26.1 Å². The van der Waals surface area contributed by atoms with Gasteiger partial charge in [-0.3, -0.25) is 4.98 Å². The van der Waals surface area contributed by atoms with Crippen molar-refractivity contribution in [2.75, 3.05) is 11.1 Å². The number of pyridine rings is 1. The van der Waals surface area contributed by atoms with E-state index in [4.69, 9.17) is 5.73 Å². The number of hydrogen-bond donors (Lipinski definition) is 2. The van der Waals surface area contributed by atoms with Crippen molar-refractivity contribution in [2.24, 2.45) is 0 Å². The number of aryl methyl sites for hydroxylation is 1. The third-order valence-electron chi connectivity index (χ3n) is 3.18. The van der Waals surface area contributed by atoms with Crippen molar-refractivity contribution in [1.82, 2.24) is 4.98 Å². The fraction of sp³-hybridized carbons (Fsp3) is 0.267. The fourth-order valence-corrected chi connectivity index (χ4v) is 2.05. The van der Waals surface area contributed by atoms with E-state index in [9.17, 15) is 13.2 Å². The highest BCUT2D eigenvalue weighted by atomic mass is 19.4. The Morgan fingerprint density at radius 3 is 2.67 bits per heavy atom. The molecule has 1 heterocycles. The number of aromatic nitrogens is 1. The van der Waals surface area contributed by atoms with Crippen LogP contribution < -0.4 is 11.1 Å². The van der Waals surface area contributed by atoms with E-state index in [0.29, 0.717) is 12.2 Å². The van der Waals surface area contributed by atoms with E-state index in [0.717, 1.165) is 23.7 Å². The number of hydrogen-bond acceptors (Lipinski definition) is 3. The summed E-state index contributed by atoms with van der Waals surface area (Å²) in [5.74, 6) is 0. The number of anilines is 2. The molecule has 0 radical (unpaired) electrons. The van der Waals surface area contributed by atoms with Gasteiger partial charge in [0, 0.05) is 17.6 Å². The molecule has 112 valence electrons. The van der Waals surface area contributed by atoms with E-state index >= 15 is 0 Å². The standard InChI is InChI=1S/C15H16F3N3/c1-2-10-4-3-7-20-14(10)9-21-11-5-6-13(19)12(8-11)15(16,17)18/h3-8,21H,2,9,19H2,1H3. The Morgan fingerprint density at radius 2 is 2.00 bits per heavy atom. The number of nitrogen functional groups attached to an aromatic ring is 1. The van der Waals surface area contributed by atoms with Crippen LogP contribution in [-0.4, -0.2) is 4.98 Å². The molecule has 21 heavy (non-hydrogen) atoms. The molecular weight excluding hydrogens is 279 g/mol. The van der Waals surface area contributed by atoms with Crippen molar-refractivity contribution in [3.63, 3.8) is 0 Å². The van der Waals surface area contributed by atoms with Crippen LogP contribution in [0.5, 0.6) is 0 Å². The van der Waals surface area contributed by atoms with E-state index in [1.54, 1.807) is 6.20 Å². The summed E-state index contributed by atoms with van der Waals surface area (Å²) >= 11 is 0. The summed E-state index contributed by atoms with van der Waals surface area (Å²) in [5.41, 5.74) is 6.52. The Labute approximate surface area is 121 Å². The molecule has 0 fully saturated rings. The van der Waals surface area contributed by atoms with Crippen LogP contribution in [0.15, 0.2) is 36.5 Å². The molecule has 0 saturated heterocycles. The molecule has 3 N–H and O–H groups in total. The Balaban J connectivity index is 2.17. The summed E-state index contributed by atoms with van der Waals surface area (Å²) in [7, 11) is 0. The van der Waals surface area contributed by atoms with Gasteiger partial charge in [-0.1, -0.05) is 13.0 Å². The largest absolute Gasteiger partial charge is 0.418 e. The molecule has 2 rings (SSSR count). The van der Waals surface area contributed by atoms with Gasteiger partial charge < -0.3 is 11.1 Å². The third-order valence-corrected chi connectivity index (χ3v) is 3.18. The van der Waals surface area contributed by atoms with Gasteiger partial charge in [-0.05, 0) is 36.2 Å². The molecule has 1 aromatic carbocycles. The summed E-state index contributed by atoms with van der Waals surface area (Å²) in [6.07, 6.45) is -1.97. The van der Waals surface area contributed by atoms with Gasteiger partial charge in [-0.2, -0.15) is 13.2 Å². The second kappa shape index (κ2) is 6.03. The van der Waals surface area contributed by atoms with Gasteiger partial charge in [-0.15, -0.1) is 0 Å². The maximum Gasteiger partial charge on any atom is 0.418 e.